The van der Waals surface area contributed by atoms with Crippen LogP contribution in [-0.2, 0) is 0 Å². The van der Waals surface area contributed by atoms with E-state index in [0.29, 0.717) is 23.0 Å². The highest BCUT2D eigenvalue weighted by Gasteiger charge is 2.14. The Kier molecular flexibility index (Phi) is 2.43. The zero-order valence-electron chi connectivity index (χ0n) is 8.14. The second-order valence-corrected chi connectivity index (χ2v) is 4.14. The van der Waals surface area contributed by atoms with Crippen molar-refractivity contribution in [2.24, 2.45) is 0 Å². The summed E-state index contributed by atoms with van der Waals surface area (Å²) in [6.45, 7) is 1.16. The zero-order chi connectivity index (χ0) is 11.0. The molecule has 0 bridgehead atoms. The molecule has 0 saturated heterocycles. The number of rotatable bonds is 1. The van der Waals surface area contributed by atoms with E-state index in [1.54, 1.807) is 0 Å². The quantitative estimate of drug-likeness (QED) is 0.750. The van der Waals surface area contributed by atoms with E-state index in [9.17, 15) is 0 Å². The average Bonchev–Trinajstić information content (AvgIpc) is 2.75. The van der Waals surface area contributed by atoms with Crippen molar-refractivity contribution < 1.29 is 13.9 Å². The molecule has 0 N–H and O–H groups in total. The average molecular weight is 330 g/mol. The second kappa shape index (κ2) is 3.93. The van der Waals surface area contributed by atoms with Gasteiger partial charge in [-0.15, -0.1) is 10.2 Å². The normalized spacial score (nSPS) is 13.8. The Labute approximate surface area is 105 Å². The van der Waals surface area contributed by atoms with Crippen LogP contribution in [0.5, 0.6) is 11.5 Å². The number of aromatic nitrogens is 2. The number of hydrogen-bond donors (Lipinski definition) is 0. The van der Waals surface area contributed by atoms with Gasteiger partial charge in [0.1, 0.15) is 13.2 Å². The molecule has 5 nitrogen and oxygen atoms in total. The predicted octanol–water partition coefficient (Wildman–Crippen LogP) is 2.11. The summed E-state index contributed by atoms with van der Waals surface area (Å²) in [4.78, 5) is 0. The van der Waals surface area contributed by atoms with Crippen LogP contribution in [0.25, 0.3) is 11.5 Å². The van der Waals surface area contributed by atoms with Gasteiger partial charge in [-0.05, 0) is 18.2 Å². The first-order valence-corrected chi connectivity index (χ1v) is 5.80. The maximum absolute atomic E-state index is 5.48. The lowest BCUT2D eigenvalue weighted by atomic mass is 10.2. The number of hydrogen-bond acceptors (Lipinski definition) is 5. The van der Waals surface area contributed by atoms with E-state index >= 15 is 0 Å². The van der Waals surface area contributed by atoms with E-state index < -0.39 is 0 Å². The van der Waals surface area contributed by atoms with E-state index in [2.05, 4.69) is 10.2 Å². The minimum atomic E-state index is 0.487. The second-order valence-electron chi connectivity index (χ2n) is 3.22. The highest BCUT2D eigenvalue weighted by molar-refractivity contribution is 14.1. The molecule has 1 aliphatic heterocycles. The standard InChI is InChI=1S/C10H7IN2O3/c11-10-13-12-9(16-10)6-1-2-7-8(5-6)15-4-3-14-7/h1-2,5H,3-4H2. The Morgan fingerprint density at radius 2 is 1.88 bits per heavy atom. The van der Waals surface area contributed by atoms with Crippen molar-refractivity contribution in [2.45, 2.75) is 0 Å². The molecule has 6 heteroatoms. The number of halogens is 1. The van der Waals surface area contributed by atoms with Crippen molar-refractivity contribution in [2.75, 3.05) is 13.2 Å². The third-order valence-electron chi connectivity index (χ3n) is 2.19. The Bertz CT molecular complexity index is 527. The molecule has 0 spiro atoms. The third kappa shape index (κ3) is 1.73. The molecule has 0 atom stereocenters. The first-order chi connectivity index (χ1) is 7.83. The van der Waals surface area contributed by atoms with Crippen LogP contribution in [0.1, 0.15) is 0 Å². The molecule has 1 aromatic carbocycles. The predicted molar refractivity (Wildman–Crippen MR) is 63.4 cm³/mol. The minimum Gasteiger partial charge on any atom is -0.486 e. The van der Waals surface area contributed by atoms with Crippen LogP contribution in [0.3, 0.4) is 0 Å². The Morgan fingerprint density at radius 1 is 1.06 bits per heavy atom. The van der Waals surface area contributed by atoms with Gasteiger partial charge in [0.25, 0.3) is 3.90 Å². The fourth-order valence-corrected chi connectivity index (χ4v) is 1.81. The summed E-state index contributed by atoms with van der Waals surface area (Å²) >= 11 is 1.97. The van der Waals surface area contributed by atoms with Crippen molar-refractivity contribution in [3.05, 3.63) is 22.1 Å². The fraction of sp³-hybridized carbons (Fsp3) is 0.200. The first kappa shape index (κ1) is 9.88. The molecule has 2 heterocycles. The van der Waals surface area contributed by atoms with Crippen LogP contribution in [0.4, 0.5) is 0 Å². The molecule has 1 aliphatic rings. The monoisotopic (exact) mass is 330 g/mol. The van der Waals surface area contributed by atoms with E-state index in [-0.39, 0.29) is 0 Å². The van der Waals surface area contributed by atoms with E-state index in [0.717, 1.165) is 17.1 Å². The molecule has 0 radical (unpaired) electrons. The van der Waals surface area contributed by atoms with E-state index in [1.165, 1.54) is 0 Å². The molecule has 3 rings (SSSR count). The van der Waals surface area contributed by atoms with Gasteiger partial charge in [0.15, 0.2) is 11.5 Å². The largest absolute Gasteiger partial charge is 0.486 e. The van der Waals surface area contributed by atoms with Gasteiger partial charge in [0.05, 0.1) is 0 Å². The van der Waals surface area contributed by atoms with Crippen LogP contribution >= 0.6 is 22.6 Å². The molecule has 0 fully saturated rings. The van der Waals surface area contributed by atoms with Crippen molar-refractivity contribution in [1.82, 2.24) is 10.2 Å². The summed E-state index contributed by atoms with van der Waals surface area (Å²) in [6.07, 6.45) is 0. The number of fused-ring (bicyclic) bond motifs is 1. The molecule has 0 aliphatic carbocycles. The van der Waals surface area contributed by atoms with Crippen molar-refractivity contribution in [3.63, 3.8) is 0 Å². The summed E-state index contributed by atoms with van der Waals surface area (Å²) in [6, 6.07) is 5.57. The lowest BCUT2D eigenvalue weighted by Crippen LogP contribution is -2.15. The Balaban J connectivity index is 2.02. The molecule has 0 amide bonds. The zero-order valence-corrected chi connectivity index (χ0v) is 10.3. The molecule has 0 saturated carbocycles. The summed E-state index contributed by atoms with van der Waals surface area (Å²) in [7, 11) is 0. The molecular formula is C10H7IN2O3. The molecule has 2 aromatic rings. The van der Waals surface area contributed by atoms with Gasteiger partial charge in [0.2, 0.25) is 5.89 Å². The molecular weight excluding hydrogens is 323 g/mol. The van der Waals surface area contributed by atoms with E-state index in [1.807, 2.05) is 40.8 Å². The highest BCUT2D eigenvalue weighted by Crippen LogP contribution is 2.34. The fourth-order valence-electron chi connectivity index (χ4n) is 1.50. The number of nitrogens with zero attached hydrogens (tertiary/aromatic N) is 2. The summed E-state index contributed by atoms with van der Waals surface area (Å²) in [5.74, 6) is 1.96. The molecule has 16 heavy (non-hydrogen) atoms. The van der Waals surface area contributed by atoms with Gasteiger partial charge in [-0.3, -0.25) is 0 Å². The maximum atomic E-state index is 5.48. The summed E-state index contributed by atoms with van der Waals surface area (Å²) in [5.41, 5.74) is 0.833. The van der Waals surface area contributed by atoms with Crippen LogP contribution in [0.2, 0.25) is 0 Å². The van der Waals surface area contributed by atoms with Crippen molar-refractivity contribution in [3.8, 4) is 23.0 Å². The summed E-state index contributed by atoms with van der Waals surface area (Å²) < 4.78 is 16.7. The number of ether oxygens (including phenoxy) is 2. The van der Waals surface area contributed by atoms with Crippen molar-refractivity contribution >= 4 is 22.6 Å². The van der Waals surface area contributed by atoms with Gasteiger partial charge < -0.3 is 13.9 Å². The lowest BCUT2D eigenvalue weighted by molar-refractivity contribution is 0.171. The highest BCUT2D eigenvalue weighted by atomic mass is 127. The van der Waals surface area contributed by atoms with Gasteiger partial charge in [-0.1, -0.05) is 0 Å². The summed E-state index contributed by atoms with van der Waals surface area (Å²) in [5, 5.41) is 7.72. The lowest BCUT2D eigenvalue weighted by Gasteiger charge is -2.18. The van der Waals surface area contributed by atoms with Crippen LogP contribution in [0.15, 0.2) is 22.6 Å². The Hall–Kier alpha value is -1.31. The van der Waals surface area contributed by atoms with E-state index in [4.69, 9.17) is 13.9 Å². The van der Waals surface area contributed by atoms with Gasteiger partial charge >= 0.3 is 0 Å². The third-order valence-corrected chi connectivity index (χ3v) is 2.63. The topological polar surface area (TPSA) is 57.4 Å². The maximum Gasteiger partial charge on any atom is 0.278 e. The first-order valence-electron chi connectivity index (χ1n) is 4.72. The Morgan fingerprint density at radius 3 is 2.62 bits per heavy atom. The van der Waals surface area contributed by atoms with Crippen LogP contribution < -0.4 is 9.47 Å². The van der Waals surface area contributed by atoms with Gasteiger partial charge in [0, 0.05) is 28.2 Å². The molecule has 82 valence electrons. The van der Waals surface area contributed by atoms with Crippen molar-refractivity contribution in [1.29, 1.82) is 0 Å². The minimum absolute atomic E-state index is 0.487. The number of benzene rings is 1. The SMILES string of the molecule is Ic1nnc(-c2ccc3c(c2)OCCO3)o1. The van der Waals surface area contributed by atoms with Gasteiger partial charge in [-0.25, -0.2) is 0 Å². The molecule has 0 unspecified atom stereocenters. The smallest absolute Gasteiger partial charge is 0.278 e. The molecule has 1 aromatic heterocycles. The van der Waals surface area contributed by atoms with Gasteiger partial charge in [-0.2, -0.15) is 0 Å². The van der Waals surface area contributed by atoms with Crippen LogP contribution in [-0.4, -0.2) is 23.4 Å². The van der Waals surface area contributed by atoms with Crippen LogP contribution in [0, 0.1) is 3.90 Å².